The largest absolute Gasteiger partial charge is 0.495 e. The van der Waals surface area contributed by atoms with Crippen LogP contribution in [0.15, 0.2) is 47.4 Å². The van der Waals surface area contributed by atoms with Crippen LogP contribution < -0.4 is 19.1 Å². The Morgan fingerprint density at radius 1 is 0.972 bits per heavy atom. The number of aryl methyl sites for hydroxylation is 1. The molecular formula is C28H41N3O4S. The van der Waals surface area contributed by atoms with Gasteiger partial charge in [-0.1, -0.05) is 18.2 Å². The lowest BCUT2D eigenvalue weighted by Crippen LogP contribution is -2.51. The van der Waals surface area contributed by atoms with Crippen LogP contribution in [0.5, 0.6) is 11.5 Å². The maximum atomic E-state index is 12.9. The number of nitrogens with zero attached hydrogens (tertiary/aromatic N) is 2. The van der Waals surface area contributed by atoms with Crippen molar-refractivity contribution in [2.24, 2.45) is 5.92 Å². The van der Waals surface area contributed by atoms with Gasteiger partial charge in [0, 0.05) is 38.8 Å². The molecule has 2 aromatic rings. The van der Waals surface area contributed by atoms with Crippen LogP contribution in [0.4, 0.5) is 5.69 Å². The fourth-order valence-corrected chi connectivity index (χ4v) is 6.78. The first-order chi connectivity index (χ1) is 17.3. The Morgan fingerprint density at radius 3 is 2.33 bits per heavy atom. The van der Waals surface area contributed by atoms with Gasteiger partial charge in [-0.05, 0) is 82.2 Å². The number of rotatable bonds is 9. The van der Waals surface area contributed by atoms with Crippen molar-refractivity contribution in [2.75, 3.05) is 44.7 Å². The van der Waals surface area contributed by atoms with E-state index >= 15 is 0 Å². The van der Waals surface area contributed by atoms with Crippen molar-refractivity contribution < 1.29 is 17.9 Å². The Kier molecular flexibility index (Phi) is 8.80. The molecule has 1 N–H and O–H groups in total. The minimum atomic E-state index is -3.60. The summed E-state index contributed by atoms with van der Waals surface area (Å²) >= 11 is 0. The zero-order chi connectivity index (χ0) is 25.7. The van der Waals surface area contributed by atoms with Crippen LogP contribution in [-0.4, -0.2) is 65.3 Å². The Balaban J connectivity index is 1.25. The zero-order valence-electron chi connectivity index (χ0n) is 22.1. The Labute approximate surface area is 216 Å². The van der Waals surface area contributed by atoms with E-state index in [0.717, 1.165) is 63.2 Å². The van der Waals surface area contributed by atoms with Gasteiger partial charge in [0.05, 0.1) is 18.9 Å². The molecule has 0 atom stereocenters. The summed E-state index contributed by atoms with van der Waals surface area (Å²) in [5, 5.41) is 0. The van der Waals surface area contributed by atoms with Crippen LogP contribution in [-0.2, 0) is 10.0 Å². The molecule has 0 aromatic heterocycles. The number of nitrogens with one attached hydrogen (secondary N) is 1. The van der Waals surface area contributed by atoms with Gasteiger partial charge in [0.15, 0.2) is 0 Å². The van der Waals surface area contributed by atoms with Gasteiger partial charge in [0.25, 0.3) is 0 Å². The molecule has 1 heterocycles. The third kappa shape index (κ3) is 6.52. The van der Waals surface area contributed by atoms with Crippen molar-refractivity contribution in [1.82, 2.24) is 9.62 Å². The van der Waals surface area contributed by atoms with Gasteiger partial charge in [0.2, 0.25) is 10.0 Å². The van der Waals surface area contributed by atoms with Crippen molar-refractivity contribution in [3.8, 4) is 11.5 Å². The summed E-state index contributed by atoms with van der Waals surface area (Å²) in [4.78, 5) is 5.28. The number of piperazine rings is 1. The molecule has 1 saturated carbocycles. The van der Waals surface area contributed by atoms with Gasteiger partial charge in [-0.15, -0.1) is 0 Å². The molecule has 7 nitrogen and oxygen atoms in total. The average molecular weight is 516 g/mol. The Bertz CT molecular complexity index is 1110. The molecule has 8 heteroatoms. The maximum Gasteiger partial charge on any atom is 0.244 e. The molecule has 0 amide bonds. The number of hydrogen-bond donors (Lipinski definition) is 1. The quantitative estimate of drug-likeness (QED) is 0.532. The Hall–Kier alpha value is -2.29. The van der Waals surface area contributed by atoms with E-state index in [0.29, 0.717) is 24.3 Å². The lowest BCUT2D eigenvalue weighted by molar-refractivity contribution is 0.129. The van der Waals surface area contributed by atoms with Gasteiger partial charge in [-0.25, -0.2) is 13.1 Å². The molecule has 0 spiro atoms. The van der Waals surface area contributed by atoms with Crippen LogP contribution in [0.1, 0.15) is 45.1 Å². The number of hydrogen-bond acceptors (Lipinski definition) is 6. The maximum absolute atomic E-state index is 12.9. The van der Waals surface area contributed by atoms with Gasteiger partial charge < -0.3 is 14.4 Å². The minimum absolute atomic E-state index is 0.158. The summed E-state index contributed by atoms with van der Waals surface area (Å²) in [6, 6.07) is 14.2. The highest BCUT2D eigenvalue weighted by Gasteiger charge is 2.30. The van der Waals surface area contributed by atoms with Crippen molar-refractivity contribution in [2.45, 2.75) is 63.5 Å². The highest BCUT2D eigenvalue weighted by atomic mass is 32.2. The third-order valence-electron chi connectivity index (χ3n) is 7.39. The summed E-state index contributed by atoms with van der Waals surface area (Å²) in [5.41, 5.74) is 2.08. The molecule has 4 rings (SSSR count). The molecule has 198 valence electrons. The summed E-state index contributed by atoms with van der Waals surface area (Å²) in [5.74, 6) is 1.72. The summed E-state index contributed by atoms with van der Waals surface area (Å²) < 4.78 is 40.0. The van der Waals surface area contributed by atoms with Gasteiger partial charge in [-0.3, -0.25) is 4.90 Å². The van der Waals surface area contributed by atoms with Crippen LogP contribution in [0.2, 0.25) is 0 Å². The predicted molar refractivity (Wildman–Crippen MR) is 145 cm³/mol. The second-order valence-corrected chi connectivity index (χ2v) is 12.1. The highest BCUT2D eigenvalue weighted by Crippen LogP contribution is 2.32. The fraction of sp³-hybridized carbons (Fsp3) is 0.571. The zero-order valence-corrected chi connectivity index (χ0v) is 22.9. The van der Waals surface area contributed by atoms with Crippen molar-refractivity contribution in [3.05, 3.63) is 48.0 Å². The van der Waals surface area contributed by atoms with E-state index in [-0.39, 0.29) is 11.0 Å². The second kappa shape index (κ2) is 11.8. The first kappa shape index (κ1) is 26.8. The van der Waals surface area contributed by atoms with Crippen molar-refractivity contribution >= 4 is 15.7 Å². The lowest BCUT2D eigenvalue weighted by Gasteiger charge is -2.43. The van der Waals surface area contributed by atoms with Crippen LogP contribution in [0, 0.1) is 12.8 Å². The SMILES string of the molecule is COc1ccc(C)cc1S(=O)(=O)NCC1CCC(N2CCN(c3ccccc3OC(C)C)CC2)CC1. The number of benzene rings is 2. The second-order valence-electron chi connectivity index (χ2n) is 10.3. The van der Waals surface area contributed by atoms with E-state index in [1.807, 2.05) is 19.1 Å². The average Bonchev–Trinajstić information content (AvgIpc) is 2.88. The molecule has 0 bridgehead atoms. The van der Waals surface area contributed by atoms with Gasteiger partial charge >= 0.3 is 0 Å². The molecule has 2 aromatic carbocycles. The number of para-hydroxylation sites is 2. The molecule has 2 aliphatic rings. The molecule has 0 radical (unpaired) electrons. The molecular weight excluding hydrogens is 474 g/mol. The standard InChI is InChI=1S/C28H41N3O4S/c1-21(2)35-26-8-6-5-7-25(26)31-17-15-30(16-18-31)24-12-10-23(11-13-24)20-29-36(32,33)28-19-22(3)9-14-27(28)34-4/h5-9,14,19,21,23-24,29H,10-13,15-18,20H2,1-4H3. The minimum Gasteiger partial charge on any atom is -0.495 e. The van der Waals surface area contributed by atoms with E-state index in [2.05, 4.69) is 46.6 Å². The normalized spacial score (nSPS) is 21.5. The number of sulfonamides is 1. The number of anilines is 1. The molecule has 1 saturated heterocycles. The van der Waals surface area contributed by atoms with Gasteiger partial charge in [-0.2, -0.15) is 0 Å². The van der Waals surface area contributed by atoms with Gasteiger partial charge in [0.1, 0.15) is 16.4 Å². The van der Waals surface area contributed by atoms with Crippen LogP contribution in [0.3, 0.4) is 0 Å². The number of methoxy groups -OCH3 is 1. The first-order valence-electron chi connectivity index (χ1n) is 13.2. The molecule has 2 fully saturated rings. The topological polar surface area (TPSA) is 71.1 Å². The fourth-order valence-electron chi connectivity index (χ4n) is 5.41. The lowest BCUT2D eigenvalue weighted by atomic mass is 9.85. The summed E-state index contributed by atoms with van der Waals surface area (Å²) in [6.07, 6.45) is 4.48. The first-order valence-corrected chi connectivity index (χ1v) is 14.6. The monoisotopic (exact) mass is 515 g/mol. The molecule has 1 aliphatic carbocycles. The summed E-state index contributed by atoms with van der Waals surface area (Å²) in [6.45, 7) is 10.6. The van der Waals surface area contributed by atoms with E-state index < -0.39 is 10.0 Å². The smallest absolute Gasteiger partial charge is 0.244 e. The Morgan fingerprint density at radius 2 is 1.67 bits per heavy atom. The van der Waals surface area contributed by atoms with Crippen LogP contribution in [0.25, 0.3) is 0 Å². The molecule has 0 unspecified atom stereocenters. The van der Waals surface area contributed by atoms with E-state index in [4.69, 9.17) is 9.47 Å². The van der Waals surface area contributed by atoms with E-state index in [1.165, 1.54) is 12.8 Å². The predicted octanol–water partition coefficient (Wildman–Crippen LogP) is 4.45. The van der Waals surface area contributed by atoms with E-state index in [9.17, 15) is 8.42 Å². The molecule has 36 heavy (non-hydrogen) atoms. The van der Waals surface area contributed by atoms with Crippen LogP contribution >= 0.6 is 0 Å². The highest BCUT2D eigenvalue weighted by molar-refractivity contribution is 7.89. The number of ether oxygens (including phenoxy) is 2. The van der Waals surface area contributed by atoms with Crippen molar-refractivity contribution in [3.63, 3.8) is 0 Å². The third-order valence-corrected chi connectivity index (χ3v) is 8.83. The van der Waals surface area contributed by atoms with Crippen molar-refractivity contribution in [1.29, 1.82) is 0 Å². The van der Waals surface area contributed by atoms with E-state index in [1.54, 1.807) is 12.1 Å². The summed E-state index contributed by atoms with van der Waals surface area (Å²) in [7, 11) is -2.10. The molecule has 1 aliphatic heterocycles.